The molecule has 1 N–H and O–H groups in total. The predicted octanol–water partition coefficient (Wildman–Crippen LogP) is 2.31. The van der Waals surface area contributed by atoms with Crippen LogP contribution in [0.2, 0.25) is 0 Å². The average Bonchev–Trinajstić information content (AvgIpc) is 2.89. The third kappa shape index (κ3) is 4.93. The highest BCUT2D eigenvalue weighted by Crippen LogP contribution is 2.19. The molecule has 2 aromatic rings. The standard InChI is InChI=1S/C18H26N4O/c1-14-7-5-8-16(13-14)17(21(3)4)18(23)19-10-6-11-22-12-9-15(2)20-22/h5,7-9,12-13,17H,6,10-11H2,1-4H3,(H,19,23)/t17-/m0/s1. The van der Waals surface area contributed by atoms with Crippen LogP contribution in [-0.4, -0.2) is 41.2 Å². The first-order valence-corrected chi connectivity index (χ1v) is 7.98. The smallest absolute Gasteiger partial charge is 0.241 e. The normalized spacial score (nSPS) is 12.4. The average molecular weight is 314 g/mol. The summed E-state index contributed by atoms with van der Waals surface area (Å²) < 4.78 is 1.91. The monoisotopic (exact) mass is 314 g/mol. The number of aromatic nitrogens is 2. The molecule has 0 radical (unpaired) electrons. The minimum Gasteiger partial charge on any atom is -0.354 e. The van der Waals surface area contributed by atoms with Crippen molar-refractivity contribution in [3.8, 4) is 0 Å². The Kier molecular flexibility index (Phi) is 5.93. The van der Waals surface area contributed by atoms with Gasteiger partial charge in [-0.25, -0.2) is 0 Å². The van der Waals surface area contributed by atoms with Gasteiger partial charge in [-0.3, -0.25) is 14.4 Å². The van der Waals surface area contributed by atoms with E-state index in [2.05, 4.69) is 16.5 Å². The molecule has 1 aromatic carbocycles. The summed E-state index contributed by atoms with van der Waals surface area (Å²) in [4.78, 5) is 14.5. The summed E-state index contributed by atoms with van der Waals surface area (Å²) in [6.07, 6.45) is 2.83. The molecule has 5 heteroatoms. The van der Waals surface area contributed by atoms with Crippen LogP contribution in [-0.2, 0) is 11.3 Å². The Hall–Kier alpha value is -2.14. The SMILES string of the molecule is Cc1cccc([C@@H](C(=O)NCCCn2ccc(C)n2)N(C)C)c1. The first kappa shape index (κ1) is 17.2. The second-order valence-electron chi connectivity index (χ2n) is 6.15. The maximum atomic E-state index is 12.5. The van der Waals surface area contributed by atoms with Crippen LogP contribution in [0, 0.1) is 13.8 Å². The van der Waals surface area contributed by atoms with Crippen molar-refractivity contribution in [2.75, 3.05) is 20.6 Å². The summed E-state index contributed by atoms with van der Waals surface area (Å²) in [6, 6.07) is 9.83. The molecule has 5 nitrogen and oxygen atoms in total. The molecule has 0 spiro atoms. The zero-order valence-electron chi connectivity index (χ0n) is 14.4. The fraction of sp³-hybridized carbons (Fsp3) is 0.444. The van der Waals surface area contributed by atoms with Crippen LogP contribution in [0.15, 0.2) is 36.5 Å². The quantitative estimate of drug-likeness (QED) is 0.798. The van der Waals surface area contributed by atoms with E-state index in [1.807, 2.05) is 68.0 Å². The van der Waals surface area contributed by atoms with Gasteiger partial charge in [0, 0.05) is 19.3 Å². The van der Waals surface area contributed by atoms with Gasteiger partial charge in [0.2, 0.25) is 5.91 Å². The van der Waals surface area contributed by atoms with Crippen LogP contribution < -0.4 is 5.32 Å². The lowest BCUT2D eigenvalue weighted by molar-refractivity contribution is -0.125. The number of aryl methyl sites for hydroxylation is 3. The van der Waals surface area contributed by atoms with Gasteiger partial charge in [-0.2, -0.15) is 5.10 Å². The molecule has 1 heterocycles. The fourth-order valence-corrected chi connectivity index (χ4v) is 2.66. The molecule has 0 saturated carbocycles. The first-order chi connectivity index (χ1) is 11.0. The number of carbonyl (C=O) groups is 1. The molecule has 1 amide bonds. The Labute approximate surface area is 138 Å². The fourth-order valence-electron chi connectivity index (χ4n) is 2.66. The molecule has 23 heavy (non-hydrogen) atoms. The van der Waals surface area contributed by atoms with Crippen molar-refractivity contribution in [1.82, 2.24) is 20.0 Å². The van der Waals surface area contributed by atoms with Crippen LogP contribution in [0.1, 0.15) is 29.3 Å². The van der Waals surface area contributed by atoms with Gasteiger partial charge in [0.25, 0.3) is 0 Å². The summed E-state index contributed by atoms with van der Waals surface area (Å²) in [6.45, 7) is 5.47. The molecule has 0 bridgehead atoms. The molecule has 0 saturated heterocycles. The van der Waals surface area contributed by atoms with E-state index in [0.717, 1.165) is 29.8 Å². The minimum absolute atomic E-state index is 0.0391. The Morgan fingerprint density at radius 1 is 1.30 bits per heavy atom. The number of nitrogens with zero attached hydrogens (tertiary/aromatic N) is 3. The Bertz CT molecular complexity index is 648. The van der Waals surface area contributed by atoms with Crippen LogP contribution in [0.5, 0.6) is 0 Å². The molecule has 1 atom stereocenters. The summed E-state index contributed by atoms with van der Waals surface area (Å²) in [5.74, 6) is 0.0391. The van der Waals surface area contributed by atoms with E-state index < -0.39 is 0 Å². The lowest BCUT2D eigenvalue weighted by atomic mass is 10.0. The van der Waals surface area contributed by atoms with Crippen LogP contribution >= 0.6 is 0 Å². The van der Waals surface area contributed by atoms with E-state index in [1.165, 1.54) is 0 Å². The number of nitrogens with one attached hydrogen (secondary N) is 1. The molecule has 0 aliphatic carbocycles. The summed E-state index contributed by atoms with van der Waals surface area (Å²) in [5, 5.41) is 7.38. The molecule has 2 rings (SSSR count). The zero-order chi connectivity index (χ0) is 16.8. The molecule has 0 aliphatic rings. The highest BCUT2D eigenvalue weighted by atomic mass is 16.2. The highest BCUT2D eigenvalue weighted by molar-refractivity contribution is 5.83. The van der Waals surface area contributed by atoms with Crippen molar-refractivity contribution in [2.24, 2.45) is 0 Å². The number of benzene rings is 1. The second-order valence-corrected chi connectivity index (χ2v) is 6.15. The minimum atomic E-state index is -0.262. The van der Waals surface area contributed by atoms with Crippen LogP contribution in [0.4, 0.5) is 0 Å². The van der Waals surface area contributed by atoms with Crippen molar-refractivity contribution in [2.45, 2.75) is 32.9 Å². The molecular weight excluding hydrogens is 288 g/mol. The van der Waals surface area contributed by atoms with Gasteiger partial charge in [-0.15, -0.1) is 0 Å². The number of rotatable bonds is 7. The van der Waals surface area contributed by atoms with Crippen molar-refractivity contribution in [3.63, 3.8) is 0 Å². The van der Waals surface area contributed by atoms with Gasteiger partial charge in [0.05, 0.1) is 5.69 Å². The maximum Gasteiger partial charge on any atom is 0.241 e. The van der Waals surface area contributed by atoms with Crippen molar-refractivity contribution < 1.29 is 4.79 Å². The summed E-state index contributed by atoms with van der Waals surface area (Å²) in [5.41, 5.74) is 3.20. The third-order valence-electron chi connectivity index (χ3n) is 3.76. The van der Waals surface area contributed by atoms with E-state index >= 15 is 0 Å². The topological polar surface area (TPSA) is 50.2 Å². The third-order valence-corrected chi connectivity index (χ3v) is 3.76. The van der Waals surface area contributed by atoms with E-state index in [0.29, 0.717) is 6.54 Å². The Balaban J connectivity index is 1.88. The summed E-state index contributed by atoms with van der Waals surface area (Å²) >= 11 is 0. The number of likely N-dealkylation sites (N-methyl/N-ethyl adjacent to an activating group) is 1. The van der Waals surface area contributed by atoms with E-state index in [4.69, 9.17) is 0 Å². The van der Waals surface area contributed by atoms with Crippen LogP contribution in [0.25, 0.3) is 0 Å². The van der Waals surface area contributed by atoms with Crippen molar-refractivity contribution in [3.05, 3.63) is 53.3 Å². The van der Waals surface area contributed by atoms with E-state index in [1.54, 1.807) is 0 Å². The maximum absolute atomic E-state index is 12.5. The van der Waals surface area contributed by atoms with Crippen molar-refractivity contribution >= 4 is 5.91 Å². The highest BCUT2D eigenvalue weighted by Gasteiger charge is 2.22. The second kappa shape index (κ2) is 7.92. The van der Waals surface area contributed by atoms with Gasteiger partial charge < -0.3 is 5.32 Å². The molecule has 1 aromatic heterocycles. The predicted molar refractivity (Wildman–Crippen MR) is 92.2 cm³/mol. The van der Waals surface area contributed by atoms with Crippen molar-refractivity contribution in [1.29, 1.82) is 0 Å². The van der Waals surface area contributed by atoms with Gasteiger partial charge in [0.1, 0.15) is 6.04 Å². The first-order valence-electron chi connectivity index (χ1n) is 7.98. The molecule has 124 valence electrons. The molecule has 0 aliphatic heterocycles. The van der Waals surface area contributed by atoms with Crippen LogP contribution in [0.3, 0.4) is 0 Å². The number of hydrogen-bond acceptors (Lipinski definition) is 3. The number of hydrogen-bond donors (Lipinski definition) is 1. The largest absolute Gasteiger partial charge is 0.354 e. The van der Waals surface area contributed by atoms with Gasteiger partial charge >= 0.3 is 0 Å². The Morgan fingerprint density at radius 2 is 2.09 bits per heavy atom. The van der Waals surface area contributed by atoms with E-state index in [9.17, 15) is 4.79 Å². The zero-order valence-corrected chi connectivity index (χ0v) is 14.4. The molecule has 0 fully saturated rings. The van der Waals surface area contributed by atoms with Gasteiger partial charge in [-0.05, 0) is 46.0 Å². The molecular formula is C18H26N4O. The van der Waals surface area contributed by atoms with E-state index in [-0.39, 0.29) is 11.9 Å². The van der Waals surface area contributed by atoms with Gasteiger partial charge in [-0.1, -0.05) is 29.8 Å². The lowest BCUT2D eigenvalue weighted by Gasteiger charge is -2.24. The lowest BCUT2D eigenvalue weighted by Crippen LogP contribution is -2.37. The number of amides is 1. The van der Waals surface area contributed by atoms with Gasteiger partial charge in [0.15, 0.2) is 0 Å². The Morgan fingerprint density at radius 3 is 2.70 bits per heavy atom. The number of carbonyl (C=O) groups excluding carboxylic acids is 1. The summed E-state index contributed by atoms with van der Waals surface area (Å²) in [7, 11) is 3.86. The molecule has 0 unspecified atom stereocenters.